The molecule has 4 fully saturated rings. The second-order valence-corrected chi connectivity index (χ2v) is 31.9. The Morgan fingerprint density at radius 3 is 1.66 bits per heavy atom. The number of nitrogens with two attached hydrogens (primary N) is 6. The predicted molar refractivity (Wildman–Crippen MR) is 350 cm³/mol. The number of carbonyl (C=O) groups excluding carboxylic acids is 3. The number of carbonyl (C=O) groups is 3. The van der Waals surface area contributed by atoms with Gasteiger partial charge in [0.1, 0.15) is 17.7 Å². The fraction of sp³-hybridized carbons (Fsp3) is 0.596. The number of nitrogens with one attached hydrogen (secondary N) is 3. The molecule has 5 aromatic rings. The number of aliphatic imine (C=N–C) groups is 1. The van der Waals surface area contributed by atoms with Crippen LogP contribution in [0.25, 0.3) is 11.2 Å². The number of rotatable bonds is 25. The molecule has 3 amide bonds. The van der Waals surface area contributed by atoms with Gasteiger partial charge in [-0.15, -0.1) is 0 Å². The second-order valence-electron chi connectivity index (χ2n) is 24.0. The molecule has 0 radical (unpaired) electrons. The Bertz CT molecular complexity index is 4250. The van der Waals surface area contributed by atoms with E-state index in [0.717, 1.165) is 13.7 Å². The molecule has 4 aliphatic rings. The Kier molecular flexibility index (Phi) is 23.2. The zero-order valence-electron chi connectivity index (χ0n) is 54.9. The van der Waals surface area contributed by atoms with Gasteiger partial charge in [-0.05, 0) is 67.8 Å². The van der Waals surface area contributed by atoms with E-state index in [4.69, 9.17) is 66.9 Å². The Morgan fingerprint density at radius 1 is 0.653 bits per heavy atom. The Labute approximate surface area is 557 Å². The van der Waals surface area contributed by atoms with Gasteiger partial charge in [0.25, 0.3) is 24.5 Å². The summed E-state index contributed by atoms with van der Waals surface area (Å²) in [4.78, 5) is 134. The fourth-order valence-corrected chi connectivity index (χ4v) is 15.6. The number of anilines is 3. The minimum atomic E-state index is -4.38. The first kappa shape index (κ1) is 74.3. The summed E-state index contributed by atoms with van der Waals surface area (Å²) in [5.74, 6) is -2.87. The van der Waals surface area contributed by atoms with Gasteiger partial charge in [-0.2, -0.15) is 15.0 Å². The Hall–Kier alpha value is -7.96. The van der Waals surface area contributed by atoms with Gasteiger partial charge in [-0.1, -0.05) is 0 Å². The van der Waals surface area contributed by atoms with Crippen LogP contribution in [0.3, 0.4) is 0 Å². The molecule has 9 heterocycles. The van der Waals surface area contributed by atoms with E-state index >= 15 is 9.13 Å². The maximum atomic E-state index is 15.9. The first-order chi connectivity index (χ1) is 46.1. The molecule has 4 aliphatic heterocycles. The summed E-state index contributed by atoms with van der Waals surface area (Å²) in [7, 11) is -2.87. The van der Waals surface area contributed by atoms with Crippen molar-refractivity contribution < 1.29 is 60.6 Å². The van der Waals surface area contributed by atoms with Gasteiger partial charge >= 0.3 is 32.4 Å². The third kappa shape index (κ3) is 17.2. The number of morpholine rings is 4. The number of amides is 3. The van der Waals surface area contributed by atoms with Crippen LogP contribution in [0, 0.1) is 6.92 Å². The number of aryl methyl sites for hydroxylation is 1. The van der Waals surface area contributed by atoms with E-state index in [-0.39, 0.29) is 106 Å². The third-order valence-corrected chi connectivity index (χ3v) is 23.4. The van der Waals surface area contributed by atoms with Gasteiger partial charge in [-0.3, -0.25) is 65.9 Å². The number of nitrogen functional groups attached to an aromatic ring is 3. The minimum absolute atomic E-state index is 0.0164. The number of ether oxygens (including phenoxy) is 4. The molecule has 0 aliphatic carbocycles. The summed E-state index contributed by atoms with van der Waals surface area (Å²) >= 11 is 0. The van der Waals surface area contributed by atoms with Crippen LogP contribution in [0.2, 0.25) is 0 Å². The van der Waals surface area contributed by atoms with Crippen molar-refractivity contribution >= 4 is 75.3 Å². The predicted octanol–water partition coefficient (Wildman–Crippen LogP) is -4.68. The first-order valence-electron chi connectivity index (χ1n) is 30.4. The second kappa shape index (κ2) is 30.7. The van der Waals surface area contributed by atoms with Crippen molar-refractivity contribution in [3.8, 4) is 0 Å². The summed E-state index contributed by atoms with van der Waals surface area (Å²) < 4.78 is 101. The minimum Gasteiger partial charge on any atom is -0.383 e. The van der Waals surface area contributed by atoms with Crippen molar-refractivity contribution in [2.45, 2.75) is 75.3 Å². The van der Waals surface area contributed by atoms with Gasteiger partial charge < -0.3 is 82.0 Å². The molecule has 0 bridgehead atoms. The normalized spacial score (nSPS) is 24.2. The van der Waals surface area contributed by atoms with Crippen LogP contribution in [0.15, 0.2) is 66.0 Å². The van der Waals surface area contributed by atoms with Gasteiger partial charge in [0.15, 0.2) is 48.2 Å². The third-order valence-electron chi connectivity index (χ3n) is 16.3. The topological polar surface area (TPSA) is 558 Å². The maximum Gasteiger partial charge on any atom is 0.351 e. The van der Waals surface area contributed by atoms with E-state index in [1.165, 1.54) is 117 Å². The fourth-order valence-electron chi connectivity index (χ4n) is 11.0. The number of fused-ring (bicyclic) bond motifs is 1. The molecule has 4 saturated heterocycles. The maximum absolute atomic E-state index is 15.9. The Balaban J connectivity index is 0.961. The number of imidazole rings is 1. The van der Waals surface area contributed by atoms with Gasteiger partial charge in [0.2, 0.25) is 17.8 Å². The number of guanidine groups is 1. The van der Waals surface area contributed by atoms with Gasteiger partial charge in [0.05, 0.1) is 77.2 Å². The number of nitrogens with zero attached hydrogens (tertiary/aromatic N) is 16. The van der Waals surface area contributed by atoms with Crippen molar-refractivity contribution in [3.63, 3.8) is 0 Å². The molecule has 43 nitrogen and oxygen atoms in total. The van der Waals surface area contributed by atoms with Crippen LogP contribution in [0.1, 0.15) is 43.3 Å². The van der Waals surface area contributed by atoms with Crippen LogP contribution in [0.4, 0.5) is 17.6 Å². The Morgan fingerprint density at radius 2 is 1.14 bits per heavy atom. The van der Waals surface area contributed by atoms with Crippen molar-refractivity contribution in [1.82, 2.24) is 86.6 Å². The summed E-state index contributed by atoms with van der Waals surface area (Å²) in [5, 5.41) is 2.40. The molecule has 46 heteroatoms. The lowest BCUT2D eigenvalue weighted by Gasteiger charge is -2.45. The molecule has 12 atom stereocenters. The molecular formula is C52H82N25O18P3. The number of hydrogen-bond acceptors (Lipinski definition) is 27. The summed E-state index contributed by atoms with van der Waals surface area (Å²) in [6, 6.07) is 2.73. The average molecular weight is 1440 g/mol. The molecule has 538 valence electrons. The molecule has 0 aromatic carbocycles. The SMILES string of the molecule is Cc1cn(C2CN(C(=O)CCC3CN(C(=O)CNC(=O)C(N)N=C(N)N)CC(n4cnc5c(=O)[nH]c(N)nc54)O3)CC(COP(=O)(N(C)C)N3CC(COP(=O)(N(C)C)N4CC(COP(C)(=O)N(C)C)OC(n5ccc(N)nc5=O)C4)OC(n4ccc(N)nc4=O)C3)O2)c(=O)[nH]c1=O. The van der Waals surface area contributed by atoms with E-state index in [1.807, 2.05) is 0 Å². The lowest BCUT2D eigenvalue weighted by Crippen LogP contribution is -2.53. The highest BCUT2D eigenvalue weighted by Crippen LogP contribution is 2.57. The first-order valence-corrected chi connectivity index (χ1v) is 35.5. The van der Waals surface area contributed by atoms with Crippen molar-refractivity contribution in [2.75, 3.05) is 145 Å². The van der Waals surface area contributed by atoms with E-state index < -0.39 is 150 Å². The molecule has 9 rings (SSSR count). The average Bonchev–Trinajstić information content (AvgIpc) is 1.16. The number of aromatic amines is 2. The summed E-state index contributed by atoms with van der Waals surface area (Å²) in [5.41, 5.74) is 30.3. The van der Waals surface area contributed by atoms with E-state index in [1.54, 1.807) is 14.1 Å². The smallest absolute Gasteiger partial charge is 0.351 e. The lowest BCUT2D eigenvalue weighted by atomic mass is 10.1. The molecule has 98 heavy (non-hydrogen) atoms. The number of aromatic nitrogens is 10. The van der Waals surface area contributed by atoms with Crippen molar-refractivity contribution in [1.29, 1.82) is 0 Å². The molecule has 12 unspecified atom stereocenters. The zero-order valence-corrected chi connectivity index (χ0v) is 57.6. The number of hydrogen-bond donors (Lipinski definition) is 9. The molecule has 0 saturated carbocycles. The van der Waals surface area contributed by atoms with Crippen LogP contribution in [0.5, 0.6) is 0 Å². The molecule has 5 aromatic heterocycles. The van der Waals surface area contributed by atoms with Crippen molar-refractivity contribution in [3.05, 3.63) is 94.8 Å². The van der Waals surface area contributed by atoms with Gasteiger partial charge in [0, 0.05) is 63.4 Å². The lowest BCUT2D eigenvalue weighted by molar-refractivity contribution is -0.163. The highest BCUT2D eigenvalue weighted by molar-refractivity contribution is 7.55. The number of H-pyrrole nitrogens is 2. The van der Waals surface area contributed by atoms with E-state index in [0.29, 0.717) is 0 Å². The summed E-state index contributed by atoms with van der Waals surface area (Å²) in [6.45, 7) is -0.755. The van der Waals surface area contributed by atoms with Crippen LogP contribution < -0.4 is 67.9 Å². The van der Waals surface area contributed by atoms with Crippen LogP contribution in [-0.2, 0) is 60.6 Å². The van der Waals surface area contributed by atoms with Crippen molar-refractivity contribution in [2.24, 2.45) is 22.2 Å². The quantitative estimate of drug-likeness (QED) is 0.0151. The summed E-state index contributed by atoms with van der Waals surface area (Å²) in [6.07, 6.45) is -5.69. The standard InChI is InChI=1S/C52H82N25O18P3/c1-29-16-76(52(85)66-45(29)80)38-21-70(36(78)10-9-30-17-71(37(79)15-59-47(82)43(55)63-48(56)57)22-39(92-30)77-28-60-42-44(77)64-49(58)65-46(42)81)18-31(93-38)26-90-97(87,68(4)5)73-20-33(95-41(24-73)75-14-12-35(54)62-51(75)84)27-91-98(88,69(6)7)72-19-32(25-89-96(8,86)67(2)3)94-40(23-72)74-13-11-34(53)61-50(74)83/h11-14,16,28,30-33,38-41,43H,9-10,15,17-27,55H2,1-8H3,(H,59,82)(H2,53,61,83)(H2,54,62,84)(H4,56,57,63)(H,66,80,85)(H3,58,64,65,81). The molecule has 15 N–H and O–H groups in total. The molecule has 0 spiro atoms. The van der Waals surface area contributed by atoms with Gasteiger partial charge in [-0.25, -0.2) is 47.7 Å². The van der Waals surface area contributed by atoms with Crippen LogP contribution in [-0.4, -0.2) is 263 Å². The largest absolute Gasteiger partial charge is 0.383 e. The zero-order chi connectivity index (χ0) is 71.5. The highest BCUT2D eigenvalue weighted by atomic mass is 31.2. The monoisotopic (exact) mass is 1440 g/mol. The van der Waals surface area contributed by atoms with E-state index in [9.17, 15) is 42.9 Å². The van der Waals surface area contributed by atoms with E-state index in [2.05, 4.69) is 40.2 Å². The van der Waals surface area contributed by atoms with Crippen LogP contribution >= 0.6 is 22.9 Å². The highest BCUT2D eigenvalue weighted by Gasteiger charge is 2.48. The molecular weight excluding hydrogens is 1360 g/mol.